The predicted octanol–water partition coefficient (Wildman–Crippen LogP) is 5.12. The van der Waals surface area contributed by atoms with Crippen LogP contribution in [-0.4, -0.2) is 7.38 Å². The van der Waals surface area contributed by atoms with Crippen molar-refractivity contribution in [2.45, 2.75) is 53.3 Å². The first-order valence-electron chi connectivity index (χ1n) is 5.75. The molecule has 1 atom stereocenters. The summed E-state index contributed by atoms with van der Waals surface area (Å²) in [6.45, 7) is 15.8. The molecule has 15 heavy (non-hydrogen) atoms. The summed E-state index contributed by atoms with van der Waals surface area (Å²) in [5.41, 5.74) is 6.64. The van der Waals surface area contributed by atoms with Gasteiger partial charge in [0.25, 0.3) is 0 Å². The van der Waals surface area contributed by atoms with Gasteiger partial charge in [-0.25, -0.2) is 0 Å². The van der Waals surface area contributed by atoms with E-state index in [-0.39, 0.29) is 0 Å². The summed E-state index contributed by atoms with van der Waals surface area (Å²) in [4.78, 5) is 0. The summed E-state index contributed by atoms with van der Waals surface area (Å²) in [5.74, 6) is 0.618. The zero-order valence-electron chi connectivity index (χ0n) is 11.0. The molecule has 0 fully saturated rings. The van der Waals surface area contributed by atoms with Gasteiger partial charge in [-0.3, -0.25) is 0 Å². The molecule has 0 aromatic rings. The Balaban J connectivity index is 3.27. The molecule has 0 unspecified atom stereocenters. The summed E-state index contributed by atoms with van der Waals surface area (Å²) in [6, 6.07) is 0. The molecule has 1 aliphatic rings. The minimum Gasteiger partial charge on any atom is -0.167 e. The topological polar surface area (TPSA) is 0 Å². The van der Waals surface area contributed by atoms with E-state index >= 15 is 0 Å². The lowest BCUT2D eigenvalue weighted by Crippen LogP contribution is -2.28. The Labute approximate surface area is 100 Å². The van der Waals surface area contributed by atoms with Crippen molar-refractivity contribution in [1.29, 1.82) is 0 Å². The standard InChI is InChI=1S/C13H23ClSi/c1-8(2)12-10(4)9(3)11(5)13(12)15(6,7)14/h8,13H,1-7H3/t13-/m1/s1. The molecule has 0 bridgehead atoms. The average molecular weight is 243 g/mol. The van der Waals surface area contributed by atoms with Gasteiger partial charge >= 0.3 is 0 Å². The zero-order chi connectivity index (χ0) is 12.0. The fraction of sp³-hybridized carbons (Fsp3) is 0.692. The van der Waals surface area contributed by atoms with Crippen LogP contribution in [0, 0.1) is 5.92 Å². The smallest absolute Gasteiger partial charge is 0.161 e. The first-order chi connectivity index (χ1) is 6.68. The van der Waals surface area contributed by atoms with Crippen molar-refractivity contribution in [2.24, 2.45) is 5.92 Å². The van der Waals surface area contributed by atoms with Crippen molar-refractivity contribution >= 4 is 18.5 Å². The fourth-order valence-corrected chi connectivity index (χ4v) is 6.21. The third-order valence-electron chi connectivity index (χ3n) is 3.64. The van der Waals surface area contributed by atoms with Crippen LogP contribution in [0.2, 0.25) is 18.6 Å². The second kappa shape index (κ2) is 4.10. The van der Waals surface area contributed by atoms with Crippen LogP contribution in [0.3, 0.4) is 0 Å². The van der Waals surface area contributed by atoms with Crippen LogP contribution < -0.4 is 0 Å². The molecule has 0 heterocycles. The van der Waals surface area contributed by atoms with Gasteiger partial charge in [-0.15, -0.1) is 0 Å². The Bertz CT molecular complexity index is 329. The first kappa shape index (κ1) is 13.1. The van der Waals surface area contributed by atoms with Gasteiger partial charge in [-0.2, -0.15) is 11.1 Å². The maximum atomic E-state index is 6.67. The number of rotatable bonds is 2. The monoisotopic (exact) mass is 242 g/mol. The Kier molecular flexibility index (Phi) is 3.57. The second-order valence-electron chi connectivity index (χ2n) is 5.54. The quantitative estimate of drug-likeness (QED) is 0.466. The molecule has 1 rings (SSSR count). The number of hydrogen-bond donors (Lipinski definition) is 0. The first-order valence-corrected chi connectivity index (χ1v) is 9.84. The molecule has 2 heteroatoms. The summed E-state index contributed by atoms with van der Waals surface area (Å²) in [7, 11) is -1.64. The lowest BCUT2D eigenvalue weighted by molar-refractivity contribution is 0.733. The molecule has 0 spiro atoms. The summed E-state index contributed by atoms with van der Waals surface area (Å²) < 4.78 is 0. The Hall–Kier alpha value is -0.0131. The van der Waals surface area contributed by atoms with Crippen LogP contribution in [0.5, 0.6) is 0 Å². The van der Waals surface area contributed by atoms with E-state index in [1.165, 1.54) is 16.7 Å². The second-order valence-corrected chi connectivity index (χ2v) is 12.2. The van der Waals surface area contributed by atoms with Gasteiger partial charge in [0.1, 0.15) is 0 Å². The number of allylic oxidation sites excluding steroid dienone is 4. The molecule has 0 saturated heterocycles. The lowest BCUT2D eigenvalue weighted by Gasteiger charge is -2.29. The van der Waals surface area contributed by atoms with E-state index in [1.54, 1.807) is 5.57 Å². The Morgan fingerprint density at radius 1 is 1.07 bits per heavy atom. The molecule has 0 saturated carbocycles. The van der Waals surface area contributed by atoms with E-state index in [0.29, 0.717) is 11.5 Å². The van der Waals surface area contributed by atoms with Crippen LogP contribution in [0.1, 0.15) is 34.6 Å². The lowest BCUT2D eigenvalue weighted by atomic mass is 9.97. The SMILES string of the molecule is CC1=C(C)[C@@H]([Si](C)(C)Cl)C(C(C)C)=C1C. The van der Waals surface area contributed by atoms with Crippen molar-refractivity contribution in [2.75, 3.05) is 0 Å². The van der Waals surface area contributed by atoms with Gasteiger partial charge in [-0.05, 0) is 37.8 Å². The highest BCUT2D eigenvalue weighted by atomic mass is 35.6. The van der Waals surface area contributed by atoms with Gasteiger partial charge in [0.15, 0.2) is 7.38 Å². The molecule has 1 aliphatic carbocycles. The Morgan fingerprint density at radius 3 is 1.80 bits per heavy atom. The third-order valence-corrected chi connectivity index (χ3v) is 6.41. The normalized spacial score (nSPS) is 23.4. The van der Waals surface area contributed by atoms with Crippen molar-refractivity contribution in [3.05, 3.63) is 22.3 Å². The molecular weight excluding hydrogens is 220 g/mol. The third kappa shape index (κ3) is 2.23. The summed E-state index contributed by atoms with van der Waals surface area (Å²) in [5, 5.41) is 0. The molecule has 0 radical (unpaired) electrons. The maximum absolute atomic E-state index is 6.67. The molecule has 0 amide bonds. The fourth-order valence-electron chi connectivity index (χ4n) is 2.83. The summed E-state index contributed by atoms with van der Waals surface area (Å²) in [6.07, 6.45) is 0. The molecule has 0 aromatic heterocycles. The number of hydrogen-bond acceptors (Lipinski definition) is 0. The van der Waals surface area contributed by atoms with Crippen molar-refractivity contribution in [3.8, 4) is 0 Å². The van der Waals surface area contributed by atoms with Crippen molar-refractivity contribution in [3.63, 3.8) is 0 Å². The van der Waals surface area contributed by atoms with E-state index in [4.69, 9.17) is 11.1 Å². The molecule has 0 aliphatic heterocycles. The highest BCUT2D eigenvalue weighted by Crippen LogP contribution is 2.50. The van der Waals surface area contributed by atoms with E-state index < -0.39 is 7.38 Å². The van der Waals surface area contributed by atoms with Gasteiger partial charge in [-0.1, -0.05) is 38.1 Å². The minimum absolute atomic E-state index is 0.555. The van der Waals surface area contributed by atoms with Crippen LogP contribution in [0.15, 0.2) is 22.3 Å². The van der Waals surface area contributed by atoms with Gasteiger partial charge in [0.2, 0.25) is 0 Å². The molecular formula is C13H23ClSi. The molecule has 0 aromatic carbocycles. The largest absolute Gasteiger partial charge is 0.167 e. The van der Waals surface area contributed by atoms with Crippen LogP contribution in [-0.2, 0) is 0 Å². The molecule has 0 N–H and O–H groups in total. The van der Waals surface area contributed by atoms with Gasteiger partial charge in [0, 0.05) is 5.54 Å². The van der Waals surface area contributed by atoms with E-state index in [9.17, 15) is 0 Å². The van der Waals surface area contributed by atoms with E-state index in [0.717, 1.165) is 0 Å². The predicted molar refractivity (Wildman–Crippen MR) is 73.0 cm³/mol. The van der Waals surface area contributed by atoms with Crippen molar-refractivity contribution < 1.29 is 0 Å². The van der Waals surface area contributed by atoms with Crippen LogP contribution in [0.25, 0.3) is 0 Å². The number of halogens is 1. The zero-order valence-corrected chi connectivity index (χ0v) is 12.8. The van der Waals surface area contributed by atoms with Gasteiger partial charge < -0.3 is 0 Å². The van der Waals surface area contributed by atoms with Crippen LogP contribution in [0.4, 0.5) is 0 Å². The maximum Gasteiger partial charge on any atom is 0.161 e. The molecule has 0 nitrogen and oxygen atoms in total. The average Bonchev–Trinajstić information content (AvgIpc) is 2.28. The Morgan fingerprint density at radius 2 is 1.53 bits per heavy atom. The summed E-state index contributed by atoms with van der Waals surface area (Å²) >= 11 is 6.67. The van der Waals surface area contributed by atoms with Crippen LogP contribution >= 0.6 is 11.1 Å². The van der Waals surface area contributed by atoms with E-state index in [2.05, 4.69) is 47.7 Å². The van der Waals surface area contributed by atoms with Gasteiger partial charge in [0.05, 0.1) is 0 Å². The minimum atomic E-state index is -1.64. The molecule has 86 valence electrons. The van der Waals surface area contributed by atoms with E-state index in [1.807, 2.05) is 0 Å². The van der Waals surface area contributed by atoms with Crippen molar-refractivity contribution in [1.82, 2.24) is 0 Å². The highest BCUT2D eigenvalue weighted by Gasteiger charge is 2.40. The highest BCUT2D eigenvalue weighted by molar-refractivity contribution is 7.20.